The van der Waals surface area contributed by atoms with E-state index in [-0.39, 0.29) is 0 Å². The standard InChI is InChI=1S/C11H14ClN3S/c1-3-8-5-9(4-2)15(14-8)7-10-6-13-11(12)16-10/h5-6H,3-4,7H2,1-2H3. The summed E-state index contributed by atoms with van der Waals surface area (Å²) in [5, 5.41) is 4.56. The van der Waals surface area contributed by atoms with Crippen LogP contribution in [0.1, 0.15) is 30.1 Å². The molecule has 0 radical (unpaired) electrons. The van der Waals surface area contributed by atoms with Crippen LogP contribution in [0.5, 0.6) is 0 Å². The fourth-order valence-electron chi connectivity index (χ4n) is 1.61. The van der Waals surface area contributed by atoms with Crippen LogP contribution in [0.15, 0.2) is 12.3 Å². The van der Waals surface area contributed by atoms with Crippen molar-refractivity contribution >= 4 is 22.9 Å². The Balaban J connectivity index is 2.22. The highest BCUT2D eigenvalue weighted by Gasteiger charge is 2.07. The molecule has 0 unspecified atom stereocenters. The normalized spacial score (nSPS) is 10.9. The first kappa shape index (κ1) is 11.6. The monoisotopic (exact) mass is 255 g/mol. The minimum absolute atomic E-state index is 0.593. The first-order valence-electron chi connectivity index (χ1n) is 5.38. The summed E-state index contributed by atoms with van der Waals surface area (Å²) in [4.78, 5) is 5.18. The molecule has 0 saturated carbocycles. The third-order valence-electron chi connectivity index (χ3n) is 2.47. The zero-order valence-electron chi connectivity index (χ0n) is 9.40. The number of hydrogen-bond donors (Lipinski definition) is 0. The maximum absolute atomic E-state index is 5.81. The average Bonchev–Trinajstić information content (AvgIpc) is 2.85. The molecule has 3 nitrogen and oxygen atoms in total. The molecular weight excluding hydrogens is 242 g/mol. The third-order valence-corrected chi connectivity index (χ3v) is 3.57. The molecule has 5 heteroatoms. The fourth-order valence-corrected chi connectivity index (χ4v) is 2.57. The Kier molecular flexibility index (Phi) is 3.61. The van der Waals surface area contributed by atoms with Gasteiger partial charge in [-0.3, -0.25) is 4.68 Å². The quantitative estimate of drug-likeness (QED) is 0.840. The van der Waals surface area contributed by atoms with Crippen LogP contribution in [0.25, 0.3) is 0 Å². The Morgan fingerprint density at radius 2 is 2.19 bits per heavy atom. The molecule has 2 aromatic heterocycles. The van der Waals surface area contributed by atoms with Crippen molar-refractivity contribution in [2.45, 2.75) is 33.2 Å². The highest BCUT2D eigenvalue weighted by Crippen LogP contribution is 2.19. The van der Waals surface area contributed by atoms with Gasteiger partial charge >= 0.3 is 0 Å². The van der Waals surface area contributed by atoms with Gasteiger partial charge in [0.25, 0.3) is 0 Å². The molecule has 86 valence electrons. The number of aromatic nitrogens is 3. The van der Waals surface area contributed by atoms with Gasteiger partial charge < -0.3 is 0 Å². The molecule has 0 atom stereocenters. The van der Waals surface area contributed by atoms with Crippen LogP contribution >= 0.6 is 22.9 Å². The second-order valence-corrected chi connectivity index (χ2v) is 5.27. The van der Waals surface area contributed by atoms with Crippen LogP contribution < -0.4 is 0 Å². The molecule has 0 fully saturated rings. The molecule has 2 rings (SSSR count). The lowest BCUT2D eigenvalue weighted by Crippen LogP contribution is -2.04. The second-order valence-electron chi connectivity index (χ2n) is 3.57. The predicted molar refractivity (Wildman–Crippen MR) is 67.2 cm³/mol. The largest absolute Gasteiger partial charge is 0.264 e. The van der Waals surface area contributed by atoms with Crippen molar-refractivity contribution in [1.82, 2.24) is 14.8 Å². The Morgan fingerprint density at radius 3 is 2.75 bits per heavy atom. The molecule has 0 aliphatic rings. The Hall–Kier alpha value is -0.870. The minimum Gasteiger partial charge on any atom is -0.264 e. The van der Waals surface area contributed by atoms with E-state index in [1.54, 1.807) is 0 Å². The van der Waals surface area contributed by atoms with E-state index >= 15 is 0 Å². The summed E-state index contributed by atoms with van der Waals surface area (Å²) in [6.45, 7) is 5.04. The molecule has 0 aliphatic heterocycles. The lowest BCUT2D eigenvalue weighted by Gasteiger charge is -2.02. The van der Waals surface area contributed by atoms with E-state index in [0.29, 0.717) is 4.47 Å². The van der Waals surface area contributed by atoms with E-state index in [1.165, 1.54) is 17.0 Å². The molecular formula is C11H14ClN3S. The van der Waals surface area contributed by atoms with Crippen molar-refractivity contribution in [2.24, 2.45) is 0 Å². The molecule has 16 heavy (non-hydrogen) atoms. The van der Waals surface area contributed by atoms with Crippen LogP contribution in [0.2, 0.25) is 4.47 Å². The van der Waals surface area contributed by atoms with Gasteiger partial charge in [-0.25, -0.2) is 4.98 Å². The minimum atomic E-state index is 0.593. The number of rotatable bonds is 4. The molecule has 0 bridgehead atoms. The lowest BCUT2D eigenvalue weighted by atomic mass is 10.2. The average molecular weight is 256 g/mol. The lowest BCUT2D eigenvalue weighted by molar-refractivity contribution is 0.646. The Morgan fingerprint density at radius 1 is 1.38 bits per heavy atom. The molecule has 0 aromatic carbocycles. The highest BCUT2D eigenvalue weighted by molar-refractivity contribution is 7.15. The summed E-state index contributed by atoms with van der Waals surface area (Å²) in [5.41, 5.74) is 2.41. The first-order chi connectivity index (χ1) is 7.72. The van der Waals surface area contributed by atoms with Gasteiger partial charge in [0.15, 0.2) is 4.47 Å². The number of halogens is 1. The zero-order valence-corrected chi connectivity index (χ0v) is 11.0. The Labute approximate surface area is 104 Å². The molecule has 0 N–H and O–H groups in total. The van der Waals surface area contributed by atoms with Gasteiger partial charge in [0.05, 0.1) is 12.2 Å². The number of aryl methyl sites for hydroxylation is 2. The number of hydrogen-bond acceptors (Lipinski definition) is 3. The second kappa shape index (κ2) is 4.97. The summed E-state index contributed by atoms with van der Waals surface area (Å²) in [5.74, 6) is 0. The summed E-state index contributed by atoms with van der Waals surface area (Å²) < 4.78 is 2.64. The predicted octanol–water partition coefficient (Wildman–Crippen LogP) is 3.17. The van der Waals surface area contributed by atoms with Gasteiger partial charge in [-0.2, -0.15) is 5.10 Å². The Bertz CT molecular complexity index is 475. The zero-order chi connectivity index (χ0) is 11.5. The number of thiazole rings is 1. The SMILES string of the molecule is CCc1cc(CC)n(Cc2cnc(Cl)s2)n1. The molecule has 0 aliphatic carbocycles. The van der Waals surface area contributed by atoms with Crippen molar-refractivity contribution in [3.8, 4) is 0 Å². The first-order valence-corrected chi connectivity index (χ1v) is 6.58. The molecule has 0 saturated heterocycles. The van der Waals surface area contributed by atoms with Crippen molar-refractivity contribution in [3.05, 3.63) is 33.0 Å². The van der Waals surface area contributed by atoms with Gasteiger partial charge in [-0.05, 0) is 18.9 Å². The smallest absolute Gasteiger partial charge is 0.183 e. The van der Waals surface area contributed by atoms with Gasteiger partial charge in [0.1, 0.15) is 0 Å². The summed E-state index contributed by atoms with van der Waals surface area (Å²) in [6, 6.07) is 2.17. The van der Waals surface area contributed by atoms with Crippen LogP contribution in [-0.2, 0) is 19.4 Å². The third kappa shape index (κ3) is 2.44. The highest BCUT2D eigenvalue weighted by atomic mass is 35.5. The molecule has 2 aromatic rings. The van der Waals surface area contributed by atoms with Crippen molar-refractivity contribution in [2.75, 3.05) is 0 Å². The van der Waals surface area contributed by atoms with Gasteiger partial charge in [-0.1, -0.05) is 25.4 Å². The van der Waals surface area contributed by atoms with Gasteiger partial charge in [0, 0.05) is 16.8 Å². The fraction of sp³-hybridized carbons (Fsp3) is 0.455. The van der Waals surface area contributed by atoms with Crippen molar-refractivity contribution < 1.29 is 0 Å². The van der Waals surface area contributed by atoms with Crippen molar-refractivity contribution in [3.63, 3.8) is 0 Å². The van der Waals surface area contributed by atoms with E-state index in [9.17, 15) is 0 Å². The van der Waals surface area contributed by atoms with E-state index in [2.05, 4.69) is 30.0 Å². The van der Waals surface area contributed by atoms with Crippen LogP contribution in [-0.4, -0.2) is 14.8 Å². The van der Waals surface area contributed by atoms with E-state index in [4.69, 9.17) is 11.6 Å². The summed E-state index contributed by atoms with van der Waals surface area (Å²) in [7, 11) is 0. The topological polar surface area (TPSA) is 30.7 Å². The maximum Gasteiger partial charge on any atom is 0.183 e. The van der Waals surface area contributed by atoms with E-state index in [1.807, 2.05) is 10.9 Å². The van der Waals surface area contributed by atoms with E-state index in [0.717, 1.165) is 30.0 Å². The summed E-state index contributed by atoms with van der Waals surface area (Å²) >= 11 is 7.32. The van der Waals surface area contributed by atoms with Crippen LogP contribution in [0, 0.1) is 0 Å². The maximum atomic E-state index is 5.81. The van der Waals surface area contributed by atoms with Gasteiger partial charge in [0.2, 0.25) is 0 Å². The van der Waals surface area contributed by atoms with Crippen LogP contribution in [0.4, 0.5) is 0 Å². The van der Waals surface area contributed by atoms with Gasteiger partial charge in [-0.15, -0.1) is 11.3 Å². The molecule has 0 spiro atoms. The summed E-state index contributed by atoms with van der Waals surface area (Å²) in [6.07, 6.45) is 3.79. The van der Waals surface area contributed by atoms with Crippen molar-refractivity contribution in [1.29, 1.82) is 0 Å². The van der Waals surface area contributed by atoms with E-state index < -0.39 is 0 Å². The molecule has 2 heterocycles. The van der Waals surface area contributed by atoms with Crippen LogP contribution in [0.3, 0.4) is 0 Å². The number of nitrogens with zero attached hydrogens (tertiary/aromatic N) is 3. The molecule has 0 amide bonds.